The van der Waals surface area contributed by atoms with Gasteiger partial charge in [-0.25, -0.2) is 4.98 Å². The summed E-state index contributed by atoms with van der Waals surface area (Å²) in [6.45, 7) is 2.34. The molecule has 5 nitrogen and oxygen atoms in total. The number of ether oxygens (including phenoxy) is 1. The average Bonchev–Trinajstić information content (AvgIpc) is 2.80. The third-order valence-electron chi connectivity index (χ3n) is 4.44. The van der Waals surface area contributed by atoms with Crippen LogP contribution in [0.15, 0.2) is 66.7 Å². The number of pyridine rings is 1. The van der Waals surface area contributed by atoms with Gasteiger partial charge in [-0.2, -0.15) is 15.8 Å². The predicted molar refractivity (Wildman–Crippen MR) is 114 cm³/mol. The number of benzene rings is 2. The summed E-state index contributed by atoms with van der Waals surface area (Å²) in [5.41, 5.74) is 3.15. The quantitative estimate of drug-likeness (QED) is 0.533. The van der Waals surface area contributed by atoms with Gasteiger partial charge < -0.3 is 4.74 Å². The van der Waals surface area contributed by atoms with Gasteiger partial charge >= 0.3 is 0 Å². The Morgan fingerprint density at radius 2 is 1.63 bits per heavy atom. The summed E-state index contributed by atoms with van der Waals surface area (Å²) >= 11 is 0. The van der Waals surface area contributed by atoms with Crippen LogP contribution in [0.3, 0.4) is 0 Å². The number of hydrogen-bond acceptors (Lipinski definition) is 5. The SMILES string of the molecule is CCO/C(=C\c1cc(-c2ccccc2)nc(C(C#N)C#N)c1C#N)c1ccccc1. The van der Waals surface area contributed by atoms with Gasteiger partial charge in [-0.05, 0) is 24.6 Å². The lowest BCUT2D eigenvalue weighted by Crippen LogP contribution is -2.05. The van der Waals surface area contributed by atoms with Crippen LogP contribution in [-0.4, -0.2) is 11.6 Å². The van der Waals surface area contributed by atoms with Gasteiger partial charge in [0, 0.05) is 11.1 Å². The van der Waals surface area contributed by atoms with Crippen molar-refractivity contribution in [1.29, 1.82) is 15.8 Å². The van der Waals surface area contributed by atoms with Crippen molar-refractivity contribution in [1.82, 2.24) is 4.98 Å². The molecule has 5 heteroatoms. The smallest absolute Gasteiger partial charge is 0.176 e. The molecule has 3 aromatic rings. The second-order valence-electron chi connectivity index (χ2n) is 6.33. The second kappa shape index (κ2) is 9.69. The summed E-state index contributed by atoms with van der Waals surface area (Å²) in [5.74, 6) is -0.557. The van der Waals surface area contributed by atoms with E-state index in [4.69, 9.17) is 4.74 Å². The summed E-state index contributed by atoms with van der Waals surface area (Å²) in [5, 5.41) is 28.7. The van der Waals surface area contributed by atoms with Gasteiger partial charge in [-0.3, -0.25) is 0 Å². The van der Waals surface area contributed by atoms with E-state index >= 15 is 0 Å². The van der Waals surface area contributed by atoms with Gasteiger partial charge in [0.2, 0.25) is 0 Å². The van der Waals surface area contributed by atoms with Crippen molar-refractivity contribution >= 4 is 11.8 Å². The number of aromatic nitrogens is 1. The van der Waals surface area contributed by atoms with E-state index in [0.29, 0.717) is 23.6 Å². The van der Waals surface area contributed by atoms with Crippen molar-refractivity contribution in [2.75, 3.05) is 6.61 Å². The third kappa shape index (κ3) is 4.36. The van der Waals surface area contributed by atoms with Gasteiger partial charge in [0.1, 0.15) is 11.8 Å². The highest BCUT2D eigenvalue weighted by Crippen LogP contribution is 2.29. The molecule has 0 aliphatic carbocycles. The molecule has 0 unspecified atom stereocenters. The van der Waals surface area contributed by atoms with Gasteiger partial charge in [0.25, 0.3) is 0 Å². The van der Waals surface area contributed by atoms with Crippen LogP contribution < -0.4 is 0 Å². The first-order valence-corrected chi connectivity index (χ1v) is 9.41. The first-order valence-electron chi connectivity index (χ1n) is 9.41. The van der Waals surface area contributed by atoms with Gasteiger partial charge in [0.05, 0.1) is 35.7 Å². The molecule has 0 atom stereocenters. The summed E-state index contributed by atoms with van der Waals surface area (Å²) in [4.78, 5) is 4.50. The minimum absolute atomic E-state index is 0.152. The molecule has 1 heterocycles. The fraction of sp³-hybridized carbons (Fsp3) is 0.120. The summed E-state index contributed by atoms with van der Waals surface area (Å²) < 4.78 is 5.83. The molecule has 0 radical (unpaired) electrons. The lowest BCUT2D eigenvalue weighted by atomic mass is 9.95. The molecule has 0 amide bonds. The molecular weight excluding hydrogens is 372 g/mol. The maximum absolute atomic E-state index is 9.84. The minimum atomic E-state index is -1.15. The molecule has 144 valence electrons. The van der Waals surface area contributed by atoms with E-state index in [1.54, 1.807) is 12.1 Å². The van der Waals surface area contributed by atoms with Crippen LogP contribution in [-0.2, 0) is 4.74 Å². The van der Waals surface area contributed by atoms with Crippen molar-refractivity contribution in [2.45, 2.75) is 12.8 Å². The predicted octanol–water partition coefficient (Wildman–Crippen LogP) is 5.29. The van der Waals surface area contributed by atoms with Crippen molar-refractivity contribution in [3.8, 4) is 29.5 Å². The molecule has 0 saturated heterocycles. The fourth-order valence-corrected chi connectivity index (χ4v) is 3.05. The third-order valence-corrected chi connectivity index (χ3v) is 4.44. The van der Waals surface area contributed by atoms with E-state index < -0.39 is 5.92 Å². The lowest BCUT2D eigenvalue weighted by molar-refractivity contribution is 0.300. The Bertz CT molecular complexity index is 1170. The molecule has 0 saturated carbocycles. The number of hydrogen-bond donors (Lipinski definition) is 0. The molecule has 0 N–H and O–H groups in total. The van der Waals surface area contributed by atoms with E-state index in [2.05, 4.69) is 11.1 Å². The topological polar surface area (TPSA) is 93.5 Å². The second-order valence-corrected chi connectivity index (χ2v) is 6.33. The van der Waals surface area contributed by atoms with E-state index in [-0.39, 0.29) is 11.3 Å². The monoisotopic (exact) mass is 390 g/mol. The van der Waals surface area contributed by atoms with E-state index in [1.165, 1.54) is 0 Å². The normalized spacial score (nSPS) is 10.7. The molecule has 0 spiro atoms. The molecule has 0 aliphatic heterocycles. The van der Waals surface area contributed by atoms with E-state index in [9.17, 15) is 15.8 Å². The molecule has 0 aliphatic rings. The molecule has 30 heavy (non-hydrogen) atoms. The Hall–Kier alpha value is -4.40. The zero-order chi connectivity index (χ0) is 21.3. The summed E-state index contributed by atoms with van der Waals surface area (Å²) in [6, 6.07) is 26.8. The first-order chi connectivity index (χ1) is 14.7. The van der Waals surface area contributed by atoms with E-state index in [0.717, 1.165) is 11.1 Å². The Morgan fingerprint density at radius 3 is 2.20 bits per heavy atom. The van der Waals surface area contributed by atoms with Crippen LogP contribution in [0.5, 0.6) is 0 Å². The van der Waals surface area contributed by atoms with Gasteiger partial charge in [-0.15, -0.1) is 0 Å². The maximum atomic E-state index is 9.84. The Labute approximate surface area is 175 Å². The Balaban J connectivity index is 2.29. The largest absolute Gasteiger partial charge is 0.493 e. The highest BCUT2D eigenvalue weighted by molar-refractivity contribution is 5.81. The summed E-state index contributed by atoms with van der Waals surface area (Å²) in [6.07, 6.45) is 1.76. The highest BCUT2D eigenvalue weighted by atomic mass is 16.5. The van der Waals surface area contributed by atoms with Crippen LogP contribution in [0.1, 0.15) is 35.2 Å². The zero-order valence-electron chi connectivity index (χ0n) is 16.4. The molecular formula is C25H18N4O. The average molecular weight is 390 g/mol. The fourth-order valence-electron chi connectivity index (χ4n) is 3.05. The Morgan fingerprint density at radius 1 is 1.00 bits per heavy atom. The lowest BCUT2D eigenvalue weighted by Gasteiger charge is -2.13. The van der Waals surface area contributed by atoms with Crippen molar-refractivity contribution < 1.29 is 4.74 Å². The highest BCUT2D eigenvalue weighted by Gasteiger charge is 2.21. The van der Waals surface area contributed by atoms with Crippen LogP contribution in [0.25, 0.3) is 23.1 Å². The number of nitrogens with zero attached hydrogens (tertiary/aromatic N) is 4. The maximum Gasteiger partial charge on any atom is 0.176 e. The molecule has 0 fully saturated rings. The summed E-state index contributed by atoms with van der Waals surface area (Å²) in [7, 11) is 0. The first kappa shape index (κ1) is 20.3. The number of nitriles is 3. The van der Waals surface area contributed by atoms with Crippen molar-refractivity contribution in [2.24, 2.45) is 0 Å². The van der Waals surface area contributed by atoms with Crippen LogP contribution in [0.2, 0.25) is 0 Å². The van der Waals surface area contributed by atoms with Crippen molar-refractivity contribution in [3.05, 3.63) is 89.1 Å². The van der Waals surface area contributed by atoms with Gasteiger partial charge in [0.15, 0.2) is 5.92 Å². The molecule has 3 rings (SSSR count). The van der Waals surface area contributed by atoms with Gasteiger partial charge in [-0.1, -0.05) is 60.7 Å². The van der Waals surface area contributed by atoms with Crippen LogP contribution >= 0.6 is 0 Å². The zero-order valence-corrected chi connectivity index (χ0v) is 16.4. The van der Waals surface area contributed by atoms with E-state index in [1.807, 2.05) is 79.7 Å². The molecule has 1 aromatic heterocycles. The van der Waals surface area contributed by atoms with Crippen LogP contribution in [0.4, 0.5) is 0 Å². The minimum Gasteiger partial charge on any atom is -0.493 e. The standard InChI is InChI=1S/C25H18N4O/c1-2-30-24(19-11-7-4-8-12-19)14-20-13-23(18-9-5-3-6-10-18)29-25(22(20)17-28)21(15-26)16-27/h3-14,21H,2H2,1H3/b24-14-. The van der Waals surface area contributed by atoms with Crippen molar-refractivity contribution in [3.63, 3.8) is 0 Å². The molecule has 0 bridgehead atoms. The molecule has 2 aromatic carbocycles. The Kier molecular flexibility index (Phi) is 6.57. The number of rotatable bonds is 6. The van der Waals surface area contributed by atoms with Crippen LogP contribution in [0, 0.1) is 34.0 Å².